The van der Waals surface area contributed by atoms with Gasteiger partial charge in [0.2, 0.25) is 5.91 Å². The van der Waals surface area contributed by atoms with Crippen molar-refractivity contribution in [2.45, 2.75) is 45.0 Å². The lowest BCUT2D eigenvalue weighted by molar-refractivity contribution is -0.185. The van der Waals surface area contributed by atoms with Crippen LogP contribution in [0, 0.1) is 0 Å². The zero-order chi connectivity index (χ0) is 14.5. The highest BCUT2D eigenvalue weighted by molar-refractivity contribution is 5.80. The number of rotatable bonds is 6. The van der Waals surface area contributed by atoms with Crippen LogP contribution in [0.25, 0.3) is 0 Å². The van der Waals surface area contributed by atoms with Gasteiger partial charge in [-0.15, -0.1) is 0 Å². The van der Waals surface area contributed by atoms with Crippen molar-refractivity contribution in [3.63, 3.8) is 0 Å². The van der Waals surface area contributed by atoms with Crippen molar-refractivity contribution in [2.75, 3.05) is 26.2 Å². The van der Waals surface area contributed by atoms with Crippen LogP contribution in [0.1, 0.15) is 26.7 Å². The molecule has 0 aliphatic carbocycles. The van der Waals surface area contributed by atoms with Crippen molar-refractivity contribution in [2.24, 2.45) is 0 Å². The predicted octanol–water partition coefficient (Wildman–Crippen LogP) is 1.55. The predicted molar refractivity (Wildman–Crippen MR) is 64.7 cm³/mol. The summed E-state index contributed by atoms with van der Waals surface area (Å²) in [4.78, 5) is 13.8. The summed E-state index contributed by atoms with van der Waals surface area (Å²) < 4.78 is 40.3. The third-order valence-electron chi connectivity index (χ3n) is 3.28. The molecule has 0 spiro atoms. The number of halogens is 3. The second kappa shape index (κ2) is 7.09. The fourth-order valence-electron chi connectivity index (χ4n) is 2.20. The van der Waals surface area contributed by atoms with Crippen molar-refractivity contribution in [3.05, 3.63) is 0 Å². The monoisotopic (exact) mass is 282 g/mol. The van der Waals surface area contributed by atoms with E-state index >= 15 is 0 Å². The standard InChI is InChI=1S/C12H21F3N2O2/c1-3-17-6-4-5-10(17)7-16-11(18)9(2)19-8-12(13,14)15/h9-10H,3-8H2,1-2H3,(H,16,18)/t9-,10-/m0/s1. The first-order chi connectivity index (χ1) is 8.83. The average Bonchev–Trinajstić information content (AvgIpc) is 2.79. The van der Waals surface area contributed by atoms with Crippen molar-refractivity contribution in [3.8, 4) is 0 Å². The molecule has 0 saturated carbocycles. The number of nitrogens with one attached hydrogen (secondary N) is 1. The molecule has 1 aliphatic heterocycles. The Hall–Kier alpha value is -0.820. The lowest BCUT2D eigenvalue weighted by atomic mass is 10.2. The first kappa shape index (κ1) is 16.2. The fourth-order valence-corrected chi connectivity index (χ4v) is 2.20. The van der Waals surface area contributed by atoms with Gasteiger partial charge in [-0.1, -0.05) is 6.92 Å². The number of alkyl halides is 3. The van der Waals surface area contributed by atoms with E-state index in [1.54, 1.807) is 0 Å². The highest BCUT2D eigenvalue weighted by atomic mass is 19.4. The first-order valence-corrected chi connectivity index (χ1v) is 6.53. The van der Waals surface area contributed by atoms with E-state index in [2.05, 4.69) is 21.9 Å². The molecule has 0 aromatic carbocycles. The number of nitrogens with zero attached hydrogens (tertiary/aromatic N) is 1. The summed E-state index contributed by atoms with van der Waals surface area (Å²) in [5.41, 5.74) is 0. The molecular weight excluding hydrogens is 261 g/mol. The van der Waals surface area contributed by atoms with Crippen molar-refractivity contribution < 1.29 is 22.7 Å². The second-order valence-corrected chi connectivity index (χ2v) is 4.74. The molecule has 0 radical (unpaired) electrons. The molecule has 1 amide bonds. The Morgan fingerprint density at radius 1 is 1.53 bits per heavy atom. The smallest absolute Gasteiger partial charge is 0.359 e. The minimum atomic E-state index is -4.40. The number of ether oxygens (including phenoxy) is 1. The van der Waals surface area contributed by atoms with Crippen LogP contribution in [0.4, 0.5) is 13.2 Å². The molecular formula is C12H21F3N2O2. The molecule has 0 aromatic rings. The Labute approximate surface area is 111 Å². The highest BCUT2D eigenvalue weighted by Gasteiger charge is 2.30. The molecule has 7 heteroatoms. The molecule has 4 nitrogen and oxygen atoms in total. The van der Waals surface area contributed by atoms with Gasteiger partial charge in [0, 0.05) is 12.6 Å². The summed E-state index contributed by atoms with van der Waals surface area (Å²) in [5, 5.41) is 2.65. The number of carbonyl (C=O) groups excluding carboxylic acids is 1. The maximum Gasteiger partial charge on any atom is 0.411 e. The number of hydrogen-bond acceptors (Lipinski definition) is 3. The summed E-state index contributed by atoms with van der Waals surface area (Å²) in [6.45, 7) is 4.37. The van der Waals surface area contributed by atoms with Gasteiger partial charge in [-0.05, 0) is 32.9 Å². The van der Waals surface area contributed by atoms with Crippen molar-refractivity contribution in [1.82, 2.24) is 10.2 Å². The van der Waals surface area contributed by atoms with Crippen LogP contribution < -0.4 is 5.32 Å². The largest absolute Gasteiger partial charge is 0.411 e. The van der Waals surface area contributed by atoms with Crippen LogP contribution in [0.15, 0.2) is 0 Å². The van der Waals surface area contributed by atoms with E-state index < -0.39 is 24.8 Å². The Bertz CT molecular complexity index is 297. The quantitative estimate of drug-likeness (QED) is 0.804. The van der Waals surface area contributed by atoms with Crippen LogP contribution in [-0.4, -0.2) is 55.4 Å². The molecule has 1 saturated heterocycles. The third kappa shape index (κ3) is 5.78. The molecule has 0 bridgehead atoms. The van der Waals surface area contributed by atoms with Gasteiger partial charge in [0.05, 0.1) is 0 Å². The second-order valence-electron chi connectivity index (χ2n) is 4.74. The number of likely N-dealkylation sites (tertiary alicyclic amines) is 1. The van der Waals surface area contributed by atoms with E-state index in [0.717, 1.165) is 25.9 Å². The normalized spacial score (nSPS) is 22.5. The van der Waals surface area contributed by atoms with E-state index in [4.69, 9.17) is 0 Å². The third-order valence-corrected chi connectivity index (χ3v) is 3.28. The van der Waals surface area contributed by atoms with Crippen LogP contribution in [0.3, 0.4) is 0 Å². The van der Waals surface area contributed by atoms with E-state index in [1.807, 2.05) is 0 Å². The number of carbonyl (C=O) groups is 1. The van der Waals surface area contributed by atoms with E-state index in [-0.39, 0.29) is 6.04 Å². The van der Waals surface area contributed by atoms with Gasteiger partial charge in [0.25, 0.3) is 0 Å². The molecule has 1 aliphatic rings. The van der Waals surface area contributed by atoms with Crippen LogP contribution in [0.5, 0.6) is 0 Å². The van der Waals surface area contributed by atoms with Gasteiger partial charge in [0.15, 0.2) is 0 Å². The van der Waals surface area contributed by atoms with Gasteiger partial charge in [-0.25, -0.2) is 0 Å². The molecule has 1 N–H and O–H groups in total. The van der Waals surface area contributed by atoms with E-state index in [9.17, 15) is 18.0 Å². The Morgan fingerprint density at radius 3 is 2.79 bits per heavy atom. The average molecular weight is 282 g/mol. The van der Waals surface area contributed by atoms with Gasteiger partial charge in [-0.2, -0.15) is 13.2 Å². The zero-order valence-electron chi connectivity index (χ0n) is 11.3. The summed E-state index contributed by atoms with van der Waals surface area (Å²) in [7, 11) is 0. The molecule has 1 fully saturated rings. The molecule has 19 heavy (non-hydrogen) atoms. The summed E-state index contributed by atoms with van der Waals surface area (Å²) in [6, 6.07) is 0.281. The Kier molecular flexibility index (Phi) is 6.06. The fraction of sp³-hybridized carbons (Fsp3) is 0.917. The van der Waals surface area contributed by atoms with Gasteiger partial charge >= 0.3 is 6.18 Å². The maximum atomic E-state index is 11.9. The summed E-state index contributed by atoms with van der Waals surface area (Å²) in [6.07, 6.45) is -3.39. The number of likely N-dealkylation sites (N-methyl/N-ethyl adjacent to an activating group) is 1. The Morgan fingerprint density at radius 2 is 2.21 bits per heavy atom. The summed E-state index contributed by atoms with van der Waals surface area (Å²) in [5.74, 6) is -0.493. The topological polar surface area (TPSA) is 41.6 Å². The first-order valence-electron chi connectivity index (χ1n) is 6.53. The molecule has 0 aromatic heterocycles. The maximum absolute atomic E-state index is 11.9. The molecule has 2 atom stereocenters. The van der Waals surface area contributed by atoms with Crippen molar-refractivity contribution >= 4 is 5.91 Å². The lowest BCUT2D eigenvalue weighted by Crippen LogP contribution is -2.44. The highest BCUT2D eigenvalue weighted by Crippen LogP contribution is 2.16. The zero-order valence-corrected chi connectivity index (χ0v) is 11.3. The van der Waals surface area contributed by atoms with Gasteiger partial charge in [0.1, 0.15) is 12.7 Å². The van der Waals surface area contributed by atoms with Gasteiger partial charge in [-0.3, -0.25) is 9.69 Å². The lowest BCUT2D eigenvalue weighted by Gasteiger charge is -2.23. The van der Waals surface area contributed by atoms with Crippen molar-refractivity contribution in [1.29, 1.82) is 0 Å². The minimum absolute atomic E-state index is 0.281. The minimum Gasteiger partial charge on any atom is -0.359 e. The van der Waals surface area contributed by atoms with E-state index in [0.29, 0.717) is 6.54 Å². The van der Waals surface area contributed by atoms with Crippen LogP contribution >= 0.6 is 0 Å². The molecule has 1 heterocycles. The number of amides is 1. The number of hydrogen-bond donors (Lipinski definition) is 1. The molecule has 0 unspecified atom stereocenters. The van der Waals surface area contributed by atoms with Crippen LogP contribution in [-0.2, 0) is 9.53 Å². The Balaban J connectivity index is 2.26. The molecule has 1 rings (SSSR count). The SMILES string of the molecule is CCN1CCC[C@H]1CNC(=O)[C@H](C)OCC(F)(F)F. The van der Waals surface area contributed by atoms with Crippen LogP contribution in [0.2, 0.25) is 0 Å². The molecule has 112 valence electrons. The van der Waals surface area contributed by atoms with Gasteiger partial charge < -0.3 is 10.1 Å². The van der Waals surface area contributed by atoms with E-state index in [1.165, 1.54) is 6.92 Å². The summed E-state index contributed by atoms with van der Waals surface area (Å²) >= 11 is 0.